The van der Waals surface area contributed by atoms with Crippen molar-refractivity contribution in [3.05, 3.63) is 0 Å². The first-order valence-corrected chi connectivity index (χ1v) is 4.79. The van der Waals surface area contributed by atoms with Crippen molar-refractivity contribution >= 4 is 17.7 Å². The van der Waals surface area contributed by atoms with Gasteiger partial charge in [0.05, 0.1) is 13.2 Å². The molecule has 2 saturated heterocycles. The van der Waals surface area contributed by atoms with E-state index in [4.69, 9.17) is 16.5 Å². The van der Waals surface area contributed by atoms with Gasteiger partial charge in [0.15, 0.2) is 0 Å². The van der Waals surface area contributed by atoms with E-state index in [-0.39, 0.29) is 11.3 Å². The second kappa shape index (κ2) is 3.44. The number of rotatable bonds is 0. The van der Waals surface area contributed by atoms with E-state index in [0.717, 1.165) is 13.1 Å². The van der Waals surface area contributed by atoms with Gasteiger partial charge in [-0.3, -0.25) is 4.79 Å². The van der Waals surface area contributed by atoms with Crippen LogP contribution in [-0.4, -0.2) is 43.2 Å². The van der Waals surface area contributed by atoms with Crippen LogP contribution in [0.1, 0.15) is 6.42 Å². The molecule has 0 aliphatic carbocycles. The van der Waals surface area contributed by atoms with Gasteiger partial charge >= 0.3 is 0 Å². The fourth-order valence-electron chi connectivity index (χ4n) is 1.91. The number of amides is 1. The van der Waals surface area contributed by atoms with E-state index < -0.39 is 0 Å². The summed E-state index contributed by atoms with van der Waals surface area (Å²) in [5.74, 6) is 0.107. The van der Waals surface area contributed by atoms with Gasteiger partial charge in [-0.25, -0.2) is 4.42 Å². The lowest BCUT2D eigenvalue weighted by molar-refractivity contribution is -0.119. The van der Waals surface area contributed by atoms with E-state index in [1.54, 1.807) is 4.42 Å². The molecule has 0 unspecified atom stereocenters. The topological polar surface area (TPSA) is 41.6 Å². The third-order valence-electron chi connectivity index (χ3n) is 2.59. The van der Waals surface area contributed by atoms with Crippen molar-refractivity contribution in [2.24, 2.45) is 5.41 Å². The molecule has 1 spiro atoms. The number of carbonyl (C=O) groups is 1. The summed E-state index contributed by atoms with van der Waals surface area (Å²) in [6.45, 7) is 3.44. The lowest BCUT2D eigenvalue weighted by atomic mass is 9.88. The molecule has 2 rings (SSSR count). The molecule has 13 heavy (non-hydrogen) atoms. The Morgan fingerprint density at radius 2 is 2.46 bits per heavy atom. The van der Waals surface area contributed by atoms with Crippen molar-refractivity contribution in [3.63, 3.8) is 0 Å². The van der Waals surface area contributed by atoms with Crippen molar-refractivity contribution < 1.29 is 9.53 Å². The Morgan fingerprint density at radius 3 is 3.15 bits per heavy atom. The van der Waals surface area contributed by atoms with Crippen molar-refractivity contribution in [1.82, 2.24) is 9.74 Å². The average molecular weight is 205 g/mol. The first kappa shape index (κ1) is 9.24. The van der Waals surface area contributed by atoms with Crippen LogP contribution in [0.25, 0.3) is 0 Å². The number of hydrogen-bond donors (Lipinski definition) is 1. The van der Waals surface area contributed by atoms with Gasteiger partial charge < -0.3 is 10.1 Å². The van der Waals surface area contributed by atoms with E-state index in [2.05, 4.69) is 5.32 Å². The maximum absolute atomic E-state index is 11.1. The molecular weight excluding hydrogens is 192 g/mol. The SMILES string of the molecule is O=C1C[C@@]2(CN1)COCCN(Cl)C2. The largest absolute Gasteiger partial charge is 0.379 e. The Morgan fingerprint density at radius 1 is 1.62 bits per heavy atom. The monoisotopic (exact) mass is 204 g/mol. The lowest BCUT2D eigenvalue weighted by Gasteiger charge is -2.26. The summed E-state index contributed by atoms with van der Waals surface area (Å²) in [7, 11) is 0. The Balaban J connectivity index is 2.07. The highest BCUT2D eigenvalue weighted by molar-refractivity contribution is 6.13. The molecule has 2 heterocycles. The summed E-state index contributed by atoms with van der Waals surface area (Å²) < 4.78 is 7.15. The summed E-state index contributed by atoms with van der Waals surface area (Å²) in [5, 5.41) is 2.82. The summed E-state index contributed by atoms with van der Waals surface area (Å²) in [4.78, 5) is 11.1. The van der Waals surface area contributed by atoms with Crippen molar-refractivity contribution in [1.29, 1.82) is 0 Å². The van der Waals surface area contributed by atoms with Crippen LogP contribution in [0.5, 0.6) is 0 Å². The van der Waals surface area contributed by atoms with Gasteiger partial charge in [-0.1, -0.05) is 0 Å². The molecule has 0 aromatic carbocycles. The highest BCUT2D eigenvalue weighted by atomic mass is 35.5. The summed E-state index contributed by atoms with van der Waals surface area (Å²) in [5.41, 5.74) is -0.0880. The minimum Gasteiger partial charge on any atom is -0.379 e. The van der Waals surface area contributed by atoms with Crippen LogP contribution in [0.3, 0.4) is 0 Å². The van der Waals surface area contributed by atoms with Crippen LogP contribution in [-0.2, 0) is 9.53 Å². The van der Waals surface area contributed by atoms with Crippen LogP contribution in [0, 0.1) is 5.41 Å². The van der Waals surface area contributed by atoms with Crippen LogP contribution < -0.4 is 5.32 Å². The van der Waals surface area contributed by atoms with Crippen molar-refractivity contribution in [2.75, 3.05) is 32.8 Å². The molecular formula is C8H13ClN2O2. The zero-order chi connectivity index (χ0) is 9.31. The maximum atomic E-state index is 11.1. The molecule has 2 aliphatic rings. The van der Waals surface area contributed by atoms with Crippen LogP contribution in [0.2, 0.25) is 0 Å². The van der Waals surface area contributed by atoms with E-state index in [1.165, 1.54) is 0 Å². The van der Waals surface area contributed by atoms with Gasteiger partial charge in [-0.2, -0.15) is 0 Å². The maximum Gasteiger partial charge on any atom is 0.220 e. The molecule has 0 bridgehead atoms. The number of carbonyl (C=O) groups excluding carboxylic acids is 1. The van der Waals surface area contributed by atoms with Gasteiger partial charge in [-0.05, 0) is 11.8 Å². The van der Waals surface area contributed by atoms with Gasteiger partial charge in [0.1, 0.15) is 0 Å². The summed E-state index contributed by atoms with van der Waals surface area (Å²) in [6, 6.07) is 0. The fraction of sp³-hybridized carbons (Fsp3) is 0.875. The average Bonchev–Trinajstić information content (AvgIpc) is 2.30. The van der Waals surface area contributed by atoms with Gasteiger partial charge in [-0.15, -0.1) is 0 Å². The zero-order valence-corrected chi connectivity index (χ0v) is 8.14. The highest BCUT2D eigenvalue weighted by Gasteiger charge is 2.41. The molecule has 0 aromatic heterocycles. The van der Waals surface area contributed by atoms with E-state index in [0.29, 0.717) is 26.2 Å². The minimum atomic E-state index is -0.0880. The first-order chi connectivity index (χ1) is 6.20. The standard InChI is InChI=1S/C8H13ClN2O2/c9-11-1-2-13-6-8(5-11)3-7(12)10-4-8/h1-6H2,(H,10,12)/t8-/m0/s1. The van der Waals surface area contributed by atoms with Gasteiger partial charge in [0.25, 0.3) is 0 Å². The number of nitrogens with one attached hydrogen (secondary N) is 1. The van der Waals surface area contributed by atoms with Crippen LogP contribution >= 0.6 is 11.8 Å². The molecule has 0 saturated carbocycles. The van der Waals surface area contributed by atoms with E-state index in [9.17, 15) is 4.79 Å². The fourth-order valence-corrected chi connectivity index (χ4v) is 2.23. The predicted octanol–water partition coefficient (Wildman–Crippen LogP) is -0.0213. The minimum absolute atomic E-state index is 0.0880. The normalized spacial score (nSPS) is 36.2. The Kier molecular flexibility index (Phi) is 2.45. The Bertz CT molecular complexity index is 224. The molecule has 1 atom stereocenters. The van der Waals surface area contributed by atoms with Crippen LogP contribution in [0.4, 0.5) is 0 Å². The molecule has 1 N–H and O–H groups in total. The van der Waals surface area contributed by atoms with Gasteiger partial charge in [0.2, 0.25) is 5.91 Å². The number of nitrogens with zero attached hydrogens (tertiary/aromatic N) is 1. The third-order valence-corrected chi connectivity index (χ3v) is 2.88. The lowest BCUT2D eigenvalue weighted by Crippen LogP contribution is -2.36. The quantitative estimate of drug-likeness (QED) is 0.564. The molecule has 0 radical (unpaired) electrons. The highest BCUT2D eigenvalue weighted by Crippen LogP contribution is 2.30. The van der Waals surface area contributed by atoms with Crippen molar-refractivity contribution in [2.45, 2.75) is 6.42 Å². The number of ether oxygens (including phenoxy) is 1. The van der Waals surface area contributed by atoms with Gasteiger partial charge in [0, 0.05) is 31.5 Å². The smallest absolute Gasteiger partial charge is 0.220 e. The summed E-state index contributed by atoms with van der Waals surface area (Å²) in [6.07, 6.45) is 0.538. The predicted molar refractivity (Wildman–Crippen MR) is 48.3 cm³/mol. The molecule has 2 aliphatic heterocycles. The third kappa shape index (κ3) is 1.95. The molecule has 74 valence electrons. The van der Waals surface area contributed by atoms with Crippen LogP contribution in [0.15, 0.2) is 0 Å². The first-order valence-electron chi connectivity index (χ1n) is 4.45. The Hall–Kier alpha value is -0.320. The molecule has 1 amide bonds. The number of halogens is 1. The molecule has 0 aromatic rings. The molecule has 5 heteroatoms. The van der Waals surface area contributed by atoms with E-state index in [1.807, 2.05) is 0 Å². The van der Waals surface area contributed by atoms with Crippen molar-refractivity contribution in [3.8, 4) is 0 Å². The number of hydrogen-bond acceptors (Lipinski definition) is 3. The second-order valence-corrected chi connectivity index (χ2v) is 4.33. The Labute approximate surface area is 82.3 Å². The molecule has 2 fully saturated rings. The second-order valence-electron chi connectivity index (χ2n) is 3.85. The van der Waals surface area contributed by atoms with E-state index >= 15 is 0 Å². The molecule has 4 nitrogen and oxygen atoms in total. The zero-order valence-electron chi connectivity index (χ0n) is 7.38. The summed E-state index contributed by atoms with van der Waals surface area (Å²) >= 11 is 5.95.